The monoisotopic (exact) mass is 440 g/mol. The van der Waals surface area contributed by atoms with E-state index in [9.17, 15) is 4.79 Å². The molecule has 168 valence electrons. The molecule has 1 N–H and O–H groups in total. The molecular weight excluding hydrogens is 408 g/mol. The molecular formula is C21H32N2O6S. The Bertz CT molecular complexity index is 759. The lowest BCUT2D eigenvalue weighted by molar-refractivity contribution is -0.144. The van der Waals surface area contributed by atoms with Crippen LogP contribution in [-0.2, 0) is 32.5 Å². The second kappa shape index (κ2) is 14.7. The van der Waals surface area contributed by atoms with Gasteiger partial charge in [-0.2, -0.15) is 11.8 Å². The number of ether oxygens (including phenoxy) is 3. The molecule has 2 heterocycles. The summed E-state index contributed by atoms with van der Waals surface area (Å²) in [6.45, 7) is 1.34. The average molecular weight is 441 g/mol. The van der Waals surface area contributed by atoms with Crippen molar-refractivity contribution in [2.75, 3.05) is 46.0 Å². The van der Waals surface area contributed by atoms with Crippen molar-refractivity contribution < 1.29 is 28.9 Å². The Morgan fingerprint density at radius 2 is 2.07 bits per heavy atom. The van der Waals surface area contributed by atoms with E-state index in [4.69, 9.17) is 19.4 Å². The Hall–Kier alpha value is -2.23. The molecule has 1 aromatic carbocycles. The van der Waals surface area contributed by atoms with Crippen LogP contribution in [0.15, 0.2) is 24.4 Å². The summed E-state index contributed by atoms with van der Waals surface area (Å²) in [5, 5.41) is 8.22. The van der Waals surface area contributed by atoms with Gasteiger partial charge in [-0.3, -0.25) is 9.59 Å². The van der Waals surface area contributed by atoms with Crippen molar-refractivity contribution in [3.05, 3.63) is 30.0 Å². The first-order valence-electron chi connectivity index (χ1n) is 9.55. The third-order valence-electron chi connectivity index (χ3n) is 4.44. The zero-order valence-corrected chi connectivity index (χ0v) is 18.9. The summed E-state index contributed by atoms with van der Waals surface area (Å²) in [5.41, 5.74) is 2.64. The van der Waals surface area contributed by atoms with Crippen molar-refractivity contribution in [3.8, 4) is 5.75 Å². The Morgan fingerprint density at radius 3 is 2.63 bits per heavy atom. The molecule has 0 spiro atoms. The fraction of sp³-hybridized carbons (Fsp3) is 0.524. The van der Waals surface area contributed by atoms with E-state index in [-0.39, 0.29) is 13.3 Å². The Labute approximate surface area is 182 Å². The number of methoxy groups -OCH3 is 1. The number of hydrogen-bond donors (Lipinski definition) is 1. The fourth-order valence-electron chi connectivity index (χ4n) is 2.93. The number of hydrogen-bond acceptors (Lipinski definition) is 7. The molecule has 0 radical (unpaired) electrons. The highest BCUT2D eigenvalue weighted by atomic mass is 32.2. The topological polar surface area (TPSA) is 90.2 Å². The molecule has 9 heteroatoms. The molecule has 2 aromatic rings. The zero-order chi connectivity index (χ0) is 22.4. The van der Waals surface area contributed by atoms with Gasteiger partial charge < -0.3 is 28.8 Å². The minimum Gasteiger partial charge on any atom is -0.497 e. The van der Waals surface area contributed by atoms with Crippen molar-refractivity contribution >= 4 is 35.6 Å². The highest BCUT2D eigenvalue weighted by molar-refractivity contribution is 7.99. The molecule has 1 saturated heterocycles. The third kappa shape index (κ3) is 9.06. The molecule has 3 rings (SSSR count). The number of likely N-dealkylation sites (N-methyl/N-ethyl adjacent to an activating group) is 1. The standard InChI is InChI=1S/C14H20N2O.C6H10O3S.CH2O2/c1-15(2)8-7-11-10-16(3)14-9-12(17-4)5-6-13(11)14;7-4-8-5-9-6-1-2-10-3-6;2-1-3/h5-6,9-10H,7-8H2,1-4H3;4,6H,1-3,5H2;1H,(H,2,3). The number of aryl methyl sites for hydroxylation is 1. The summed E-state index contributed by atoms with van der Waals surface area (Å²) in [6.07, 6.45) is 4.67. The van der Waals surface area contributed by atoms with Gasteiger partial charge in [0.15, 0.2) is 6.79 Å². The van der Waals surface area contributed by atoms with Crippen molar-refractivity contribution in [2.24, 2.45) is 7.05 Å². The molecule has 0 bridgehead atoms. The second-order valence-electron chi connectivity index (χ2n) is 6.84. The lowest BCUT2D eigenvalue weighted by atomic mass is 10.1. The van der Waals surface area contributed by atoms with Gasteiger partial charge in [0, 0.05) is 37.0 Å². The van der Waals surface area contributed by atoms with E-state index < -0.39 is 0 Å². The van der Waals surface area contributed by atoms with E-state index in [0.717, 1.165) is 36.6 Å². The lowest BCUT2D eigenvalue weighted by Gasteiger charge is -2.08. The van der Waals surface area contributed by atoms with Crippen LogP contribution < -0.4 is 4.74 Å². The fourth-order valence-corrected chi connectivity index (χ4v) is 4.05. The van der Waals surface area contributed by atoms with Crippen LogP contribution in [0.4, 0.5) is 0 Å². The molecule has 1 aromatic heterocycles. The first kappa shape index (κ1) is 25.8. The zero-order valence-electron chi connectivity index (χ0n) is 18.1. The molecule has 1 fully saturated rings. The third-order valence-corrected chi connectivity index (χ3v) is 5.57. The molecule has 1 aliphatic rings. The molecule has 0 amide bonds. The van der Waals surface area contributed by atoms with Crippen LogP contribution in [-0.4, -0.2) is 79.7 Å². The number of nitrogens with zero attached hydrogens (tertiary/aromatic N) is 2. The minimum atomic E-state index is -0.250. The maximum absolute atomic E-state index is 9.67. The number of benzene rings is 1. The van der Waals surface area contributed by atoms with E-state index in [1.807, 2.05) is 17.8 Å². The van der Waals surface area contributed by atoms with Crippen molar-refractivity contribution in [1.29, 1.82) is 0 Å². The van der Waals surface area contributed by atoms with E-state index in [1.54, 1.807) is 7.11 Å². The Morgan fingerprint density at radius 1 is 1.33 bits per heavy atom. The normalized spacial score (nSPS) is 15.0. The Balaban J connectivity index is 0.000000294. The molecule has 30 heavy (non-hydrogen) atoms. The largest absolute Gasteiger partial charge is 0.497 e. The van der Waals surface area contributed by atoms with Gasteiger partial charge in [0.2, 0.25) is 0 Å². The summed E-state index contributed by atoms with van der Waals surface area (Å²) in [7, 11) is 8.00. The molecule has 1 unspecified atom stereocenters. The van der Waals surface area contributed by atoms with Gasteiger partial charge in [-0.15, -0.1) is 0 Å². The van der Waals surface area contributed by atoms with Crippen LogP contribution in [0.1, 0.15) is 12.0 Å². The smallest absolute Gasteiger partial charge is 0.295 e. The summed E-state index contributed by atoms with van der Waals surface area (Å²) in [6, 6.07) is 6.27. The van der Waals surface area contributed by atoms with Crippen LogP contribution in [0.5, 0.6) is 5.75 Å². The summed E-state index contributed by atoms with van der Waals surface area (Å²) in [5.74, 6) is 3.10. The molecule has 0 aliphatic carbocycles. The van der Waals surface area contributed by atoms with Gasteiger partial charge in [-0.05, 0) is 50.4 Å². The van der Waals surface area contributed by atoms with Crippen LogP contribution >= 0.6 is 11.8 Å². The Kier molecular flexibility index (Phi) is 12.6. The maximum atomic E-state index is 9.67. The van der Waals surface area contributed by atoms with Crippen LogP contribution in [0.2, 0.25) is 0 Å². The first-order valence-corrected chi connectivity index (χ1v) is 10.7. The predicted octanol–water partition coefficient (Wildman–Crippen LogP) is 2.63. The molecule has 8 nitrogen and oxygen atoms in total. The van der Waals surface area contributed by atoms with Gasteiger partial charge in [-0.1, -0.05) is 0 Å². The number of carboxylic acid groups (broad SMARTS) is 1. The van der Waals surface area contributed by atoms with E-state index in [0.29, 0.717) is 12.6 Å². The first-order chi connectivity index (χ1) is 14.5. The van der Waals surface area contributed by atoms with Crippen LogP contribution in [0.25, 0.3) is 10.9 Å². The summed E-state index contributed by atoms with van der Waals surface area (Å²) < 4.78 is 17.0. The second-order valence-corrected chi connectivity index (χ2v) is 7.99. The minimum absolute atomic E-state index is 0.106. The summed E-state index contributed by atoms with van der Waals surface area (Å²) in [4.78, 5) is 20.2. The van der Waals surface area contributed by atoms with E-state index in [1.165, 1.54) is 16.5 Å². The van der Waals surface area contributed by atoms with Crippen LogP contribution in [0.3, 0.4) is 0 Å². The van der Waals surface area contributed by atoms with Gasteiger partial charge in [-0.25, -0.2) is 0 Å². The lowest BCUT2D eigenvalue weighted by Crippen LogP contribution is -2.14. The quantitative estimate of drug-likeness (QED) is 0.381. The number of fused-ring (bicyclic) bond motifs is 1. The van der Waals surface area contributed by atoms with Gasteiger partial charge in [0.05, 0.1) is 18.7 Å². The maximum Gasteiger partial charge on any atom is 0.295 e. The number of carbonyl (C=O) groups is 2. The average Bonchev–Trinajstić information content (AvgIpc) is 3.35. The predicted molar refractivity (Wildman–Crippen MR) is 119 cm³/mol. The van der Waals surface area contributed by atoms with Crippen molar-refractivity contribution in [1.82, 2.24) is 9.47 Å². The highest BCUT2D eigenvalue weighted by Crippen LogP contribution is 2.25. The van der Waals surface area contributed by atoms with Gasteiger partial charge in [0.1, 0.15) is 5.75 Å². The number of rotatable bonds is 8. The number of thioether (sulfide) groups is 1. The SMILES string of the molecule is COc1ccc2c(CCN(C)C)cn(C)c2c1.O=CO.O=COCOC1CCSC1. The van der Waals surface area contributed by atoms with E-state index in [2.05, 4.69) is 53.7 Å². The van der Waals surface area contributed by atoms with Crippen molar-refractivity contribution in [3.63, 3.8) is 0 Å². The van der Waals surface area contributed by atoms with Gasteiger partial charge in [0.25, 0.3) is 12.9 Å². The number of carbonyl (C=O) groups excluding carboxylic acids is 1. The molecule has 0 saturated carbocycles. The van der Waals surface area contributed by atoms with Gasteiger partial charge >= 0.3 is 0 Å². The number of aromatic nitrogens is 1. The van der Waals surface area contributed by atoms with E-state index >= 15 is 0 Å². The molecule has 1 atom stereocenters. The highest BCUT2D eigenvalue weighted by Gasteiger charge is 2.15. The summed E-state index contributed by atoms with van der Waals surface area (Å²) >= 11 is 1.87. The van der Waals surface area contributed by atoms with Crippen molar-refractivity contribution in [2.45, 2.75) is 18.9 Å². The van der Waals surface area contributed by atoms with Crippen LogP contribution in [0, 0.1) is 0 Å². The molecule has 1 aliphatic heterocycles.